The van der Waals surface area contributed by atoms with Crippen molar-refractivity contribution in [3.8, 4) is 17.4 Å². The third-order valence-corrected chi connectivity index (χ3v) is 4.38. The molecule has 7 heteroatoms. The monoisotopic (exact) mass is 392 g/mol. The Hall–Kier alpha value is -3.58. The van der Waals surface area contributed by atoms with Gasteiger partial charge in [0.15, 0.2) is 0 Å². The van der Waals surface area contributed by atoms with Crippen LogP contribution in [0.15, 0.2) is 54.7 Å². The second kappa shape index (κ2) is 8.20. The number of nitrogens with one attached hydrogen (secondary N) is 1. The van der Waals surface area contributed by atoms with Crippen molar-refractivity contribution < 1.29 is 23.7 Å². The number of benzene rings is 2. The van der Waals surface area contributed by atoms with Gasteiger partial charge >= 0.3 is 6.16 Å². The number of ether oxygens (including phenoxy) is 4. The van der Waals surface area contributed by atoms with Crippen molar-refractivity contribution in [2.75, 3.05) is 13.7 Å². The molecule has 148 valence electrons. The van der Waals surface area contributed by atoms with E-state index in [9.17, 15) is 4.79 Å². The first-order chi connectivity index (χ1) is 14.2. The van der Waals surface area contributed by atoms with Gasteiger partial charge in [0.2, 0.25) is 5.88 Å². The average molecular weight is 392 g/mol. The molecule has 29 heavy (non-hydrogen) atoms. The Kier molecular flexibility index (Phi) is 5.31. The number of pyridine rings is 1. The summed E-state index contributed by atoms with van der Waals surface area (Å²) in [6.07, 6.45) is 0.825. The Bertz CT molecular complexity index is 1150. The van der Waals surface area contributed by atoms with Crippen molar-refractivity contribution in [1.29, 1.82) is 0 Å². The first kappa shape index (κ1) is 18.8. The predicted octanol–water partition coefficient (Wildman–Crippen LogP) is 5.19. The lowest BCUT2D eigenvalue weighted by molar-refractivity contribution is 0.101. The highest BCUT2D eigenvalue weighted by Gasteiger charge is 2.19. The summed E-state index contributed by atoms with van der Waals surface area (Å²) in [7, 11) is 1.58. The van der Waals surface area contributed by atoms with Gasteiger partial charge in [0.1, 0.15) is 11.5 Å². The molecule has 0 unspecified atom stereocenters. The van der Waals surface area contributed by atoms with Gasteiger partial charge in [-0.15, -0.1) is 0 Å². The number of nitrogens with zero attached hydrogens (tertiary/aromatic N) is 1. The number of fused-ring (bicyclic) bond motifs is 3. The predicted molar refractivity (Wildman–Crippen MR) is 108 cm³/mol. The maximum absolute atomic E-state index is 11.8. The number of para-hydroxylation sites is 1. The molecule has 0 radical (unpaired) electrons. The summed E-state index contributed by atoms with van der Waals surface area (Å²) in [5, 5.41) is 1.77. The molecule has 0 saturated carbocycles. The molecule has 4 rings (SSSR count). The number of carbonyl (C=O) groups excluding carboxylic acids is 1. The van der Waals surface area contributed by atoms with Crippen molar-refractivity contribution in [2.45, 2.75) is 13.5 Å². The third-order valence-electron chi connectivity index (χ3n) is 4.38. The molecule has 0 aliphatic heterocycles. The highest BCUT2D eigenvalue weighted by molar-refractivity contribution is 6.09. The molecular formula is C22H20N2O5. The fourth-order valence-electron chi connectivity index (χ4n) is 3.20. The zero-order chi connectivity index (χ0) is 20.2. The molecule has 1 N–H and O–H groups in total. The van der Waals surface area contributed by atoms with Gasteiger partial charge in [-0.25, -0.2) is 9.78 Å². The van der Waals surface area contributed by atoms with Crippen LogP contribution in [0.5, 0.6) is 17.4 Å². The average Bonchev–Trinajstić information content (AvgIpc) is 3.09. The number of rotatable bonds is 6. The molecule has 0 saturated heterocycles. The Labute approximate surface area is 167 Å². The number of aromatic amines is 1. The van der Waals surface area contributed by atoms with Crippen LogP contribution in [-0.4, -0.2) is 29.8 Å². The zero-order valence-electron chi connectivity index (χ0n) is 16.1. The number of hydrogen-bond donors (Lipinski definition) is 1. The third kappa shape index (κ3) is 3.86. The normalized spacial score (nSPS) is 11.0. The van der Waals surface area contributed by atoms with E-state index < -0.39 is 6.16 Å². The van der Waals surface area contributed by atoms with E-state index in [0.717, 1.165) is 27.6 Å². The van der Waals surface area contributed by atoms with Crippen LogP contribution in [0.25, 0.3) is 21.8 Å². The summed E-state index contributed by atoms with van der Waals surface area (Å²) in [6.45, 7) is 2.14. The van der Waals surface area contributed by atoms with Gasteiger partial charge in [-0.05, 0) is 37.3 Å². The summed E-state index contributed by atoms with van der Waals surface area (Å²) in [4.78, 5) is 19.4. The van der Waals surface area contributed by atoms with Crippen molar-refractivity contribution in [2.24, 2.45) is 0 Å². The Morgan fingerprint density at radius 2 is 1.90 bits per heavy atom. The van der Waals surface area contributed by atoms with E-state index in [4.69, 9.17) is 18.9 Å². The Morgan fingerprint density at radius 1 is 1.07 bits per heavy atom. The molecule has 0 atom stereocenters. The minimum Gasteiger partial charge on any atom is -0.457 e. The summed E-state index contributed by atoms with van der Waals surface area (Å²) in [5.74, 6) is 1.60. The smallest absolute Gasteiger partial charge is 0.457 e. The van der Waals surface area contributed by atoms with Crippen LogP contribution in [0.3, 0.4) is 0 Å². The molecule has 2 aromatic carbocycles. The molecule has 7 nitrogen and oxygen atoms in total. The van der Waals surface area contributed by atoms with Gasteiger partial charge in [-0.1, -0.05) is 18.2 Å². The Balaban J connectivity index is 1.82. The number of hydrogen-bond acceptors (Lipinski definition) is 6. The van der Waals surface area contributed by atoms with Gasteiger partial charge in [0.25, 0.3) is 0 Å². The highest BCUT2D eigenvalue weighted by Crippen LogP contribution is 2.35. The molecule has 0 aliphatic rings. The number of methoxy groups -OCH3 is 1. The lowest BCUT2D eigenvalue weighted by Gasteiger charge is -2.10. The number of H-pyrrole nitrogens is 1. The van der Waals surface area contributed by atoms with E-state index >= 15 is 0 Å². The van der Waals surface area contributed by atoms with Gasteiger partial charge in [0, 0.05) is 23.4 Å². The van der Waals surface area contributed by atoms with Crippen LogP contribution in [0.4, 0.5) is 4.79 Å². The molecule has 0 bridgehead atoms. The molecule has 0 amide bonds. The molecule has 4 aromatic rings. The van der Waals surface area contributed by atoms with Crippen LogP contribution < -0.4 is 9.47 Å². The van der Waals surface area contributed by atoms with Crippen LogP contribution in [0, 0.1) is 0 Å². The summed E-state index contributed by atoms with van der Waals surface area (Å²) >= 11 is 0. The van der Waals surface area contributed by atoms with Crippen molar-refractivity contribution in [3.05, 3.63) is 60.3 Å². The number of carbonyl (C=O) groups is 1. The first-order valence-corrected chi connectivity index (χ1v) is 9.19. The van der Waals surface area contributed by atoms with E-state index in [1.807, 2.05) is 48.5 Å². The van der Waals surface area contributed by atoms with E-state index in [-0.39, 0.29) is 19.1 Å². The minimum absolute atomic E-state index is 0.160. The van der Waals surface area contributed by atoms with Crippen LogP contribution in [-0.2, 0) is 16.1 Å². The van der Waals surface area contributed by atoms with Crippen molar-refractivity contribution in [3.63, 3.8) is 0 Å². The van der Waals surface area contributed by atoms with E-state index in [1.165, 1.54) is 0 Å². The topological polar surface area (TPSA) is 82.7 Å². The van der Waals surface area contributed by atoms with Crippen molar-refractivity contribution in [1.82, 2.24) is 9.97 Å². The second-order valence-corrected chi connectivity index (χ2v) is 6.30. The maximum Gasteiger partial charge on any atom is 0.515 e. The maximum atomic E-state index is 11.8. The SMILES string of the molecule is CCOC(=O)Oc1ncc2[nH]c3ccc(Oc4ccccc4)cc3c2c1COC. The molecule has 2 heterocycles. The molecule has 0 spiro atoms. The second-order valence-electron chi connectivity index (χ2n) is 6.30. The van der Waals surface area contributed by atoms with Crippen LogP contribution >= 0.6 is 0 Å². The molecule has 0 aliphatic carbocycles. The lowest BCUT2D eigenvalue weighted by Crippen LogP contribution is -2.12. The standard InChI is InChI=1S/C22H20N2O5/c1-3-27-22(25)29-21-17(13-26-2)20-16-11-15(28-14-7-5-4-6-8-14)9-10-18(16)24-19(20)12-23-21/h4-12,24H,3,13H2,1-2H3. The molecule has 2 aromatic heterocycles. The Morgan fingerprint density at radius 3 is 2.66 bits per heavy atom. The largest absolute Gasteiger partial charge is 0.515 e. The van der Waals surface area contributed by atoms with Gasteiger partial charge < -0.3 is 23.9 Å². The van der Waals surface area contributed by atoms with Gasteiger partial charge in [-0.2, -0.15) is 0 Å². The van der Waals surface area contributed by atoms with E-state index in [0.29, 0.717) is 11.3 Å². The molecular weight excluding hydrogens is 372 g/mol. The zero-order valence-corrected chi connectivity index (χ0v) is 16.1. The quantitative estimate of drug-likeness (QED) is 0.455. The summed E-state index contributed by atoms with van der Waals surface area (Å²) < 4.78 is 21.5. The van der Waals surface area contributed by atoms with Crippen molar-refractivity contribution >= 4 is 28.0 Å². The van der Waals surface area contributed by atoms with E-state index in [2.05, 4.69) is 9.97 Å². The highest BCUT2D eigenvalue weighted by atomic mass is 16.7. The van der Waals surface area contributed by atoms with Crippen LogP contribution in [0.1, 0.15) is 12.5 Å². The molecule has 0 fully saturated rings. The first-order valence-electron chi connectivity index (χ1n) is 9.19. The fraction of sp³-hybridized carbons (Fsp3) is 0.182. The summed E-state index contributed by atoms with van der Waals surface area (Å²) in [5.41, 5.74) is 2.37. The fourth-order valence-corrected chi connectivity index (χ4v) is 3.20. The van der Waals surface area contributed by atoms with Gasteiger partial charge in [-0.3, -0.25) is 0 Å². The number of aromatic nitrogens is 2. The lowest BCUT2D eigenvalue weighted by atomic mass is 10.1. The minimum atomic E-state index is -0.801. The van der Waals surface area contributed by atoms with E-state index in [1.54, 1.807) is 20.2 Å². The summed E-state index contributed by atoms with van der Waals surface area (Å²) in [6, 6.07) is 15.3. The van der Waals surface area contributed by atoms with Gasteiger partial charge in [0.05, 0.1) is 30.5 Å². The van der Waals surface area contributed by atoms with Crippen LogP contribution in [0.2, 0.25) is 0 Å².